The van der Waals surface area contributed by atoms with Crippen molar-refractivity contribution in [2.75, 3.05) is 53.5 Å². The highest BCUT2D eigenvalue weighted by Crippen LogP contribution is 2.27. The Morgan fingerprint density at radius 3 is 1.06 bits per heavy atom. The number of rotatable bonds is 18. The van der Waals surface area contributed by atoms with Crippen LogP contribution in [0.1, 0.15) is 77.3 Å². The second kappa shape index (κ2) is 32.9. The third-order valence-electron chi connectivity index (χ3n) is 15.7. The smallest absolute Gasteiger partial charge is 0.295 e. The van der Waals surface area contributed by atoms with Crippen LogP contribution in [0, 0.1) is 55.7 Å². The van der Waals surface area contributed by atoms with Crippen molar-refractivity contribution in [2.24, 2.45) is 0 Å². The van der Waals surface area contributed by atoms with Crippen molar-refractivity contribution >= 4 is 69.9 Å². The van der Waals surface area contributed by atoms with Crippen LogP contribution in [0.25, 0.3) is 17.1 Å². The number of Topliss-reactive ketones (excluding diaryl/α,β-unsaturated/α-hetero) is 3. The predicted molar refractivity (Wildman–Crippen MR) is 356 cm³/mol. The molecule has 31 heteroatoms. The van der Waals surface area contributed by atoms with E-state index in [-0.39, 0.29) is 85.9 Å². The molecule has 5 heterocycles. The molecule has 22 nitrogen and oxygen atoms in total. The molecule has 2 saturated heterocycles. The highest BCUT2D eigenvalue weighted by molar-refractivity contribution is 6.44. The molecule has 6 aromatic carbocycles. The van der Waals surface area contributed by atoms with Crippen LogP contribution in [0.4, 0.5) is 26.3 Å². The number of benzene rings is 6. The fourth-order valence-corrected chi connectivity index (χ4v) is 10.6. The summed E-state index contributed by atoms with van der Waals surface area (Å²) < 4.78 is 105. The van der Waals surface area contributed by atoms with Crippen molar-refractivity contribution in [3.8, 4) is 34.7 Å². The molecule has 3 aromatic heterocycles. The van der Waals surface area contributed by atoms with Gasteiger partial charge in [-0.3, -0.25) is 56.9 Å². The first-order valence-electron chi connectivity index (χ1n) is 30.5. The molecule has 0 radical (unpaired) electrons. The molecule has 524 valence electrons. The molecule has 0 N–H and O–H groups in total. The number of likely N-dealkylation sites (tertiary alicyclic amines) is 1. The fraction of sp³-hybridized carbons (Fsp3) is 0.229. The molecule has 2 fully saturated rings. The lowest BCUT2D eigenvalue weighted by molar-refractivity contribution is -0.130. The lowest BCUT2D eigenvalue weighted by Gasteiger charge is -2.26. The van der Waals surface area contributed by atoms with Gasteiger partial charge in [-0.15, -0.1) is 0 Å². The number of hydrogen-bond acceptors (Lipinski definition) is 16. The van der Waals surface area contributed by atoms with Gasteiger partial charge in [-0.1, -0.05) is 71.2 Å². The third kappa shape index (κ3) is 17.6. The molecule has 0 saturated carbocycles. The van der Waals surface area contributed by atoms with Gasteiger partial charge in [-0.2, -0.15) is 0 Å². The summed E-state index contributed by atoms with van der Waals surface area (Å²) in [5.74, 6) is -9.31. The normalized spacial score (nSPS) is 12.5. The number of hydrogen-bond donors (Lipinski definition) is 0. The van der Waals surface area contributed by atoms with E-state index in [1.807, 2.05) is 0 Å². The van der Waals surface area contributed by atoms with Gasteiger partial charge in [-0.05, 0) is 105 Å². The Kier molecular flexibility index (Phi) is 24.2. The van der Waals surface area contributed by atoms with Crippen LogP contribution in [0.2, 0.25) is 15.1 Å². The first-order valence-corrected chi connectivity index (χ1v) is 31.6. The Labute approximate surface area is 585 Å². The number of carbonyl (C=O) groups is 6. The number of nitrogens with zero attached hydrogens (tertiary/aromatic N) is 9. The summed E-state index contributed by atoms with van der Waals surface area (Å²) in [6.45, 7) is 6.66. The van der Waals surface area contributed by atoms with Crippen LogP contribution in [-0.4, -0.2) is 132 Å². The fourth-order valence-electron chi connectivity index (χ4n) is 10.00. The van der Waals surface area contributed by atoms with Crippen LogP contribution in [-0.2, 0) is 38.9 Å². The van der Waals surface area contributed by atoms with Gasteiger partial charge in [0.1, 0.15) is 73.7 Å². The largest absolute Gasteiger partial charge is 0.471 e. The molecule has 2 aliphatic heterocycles. The van der Waals surface area contributed by atoms with E-state index in [0.29, 0.717) is 85.3 Å². The molecule has 9 aromatic rings. The van der Waals surface area contributed by atoms with Gasteiger partial charge < -0.3 is 33.6 Å². The summed E-state index contributed by atoms with van der Waals surface area (Å²) in [5, 5.41) is -1.08. The molecule has 11 rings (SSSR count). The van der Waals surface area contributed by atoms with Crippen molar-refractivity contribution in [3.05, 3.63) is 259 Å². The van der Waals surface area contributed by atoms with E-state index in [9.17, 15) is 69.5 Å². The zero-order chi connectivity index (χ0) is 73.1. The number of ether oxygens (including phenoxy) is 4. The number of halogens is 9. The lowest BCUT2D eigenvalue weighted by atomic mass is 10.1. The van der Waals surface area contributed by atoms with Crippen molar-refractivity contribution in [2.45, 2.75) is 53.4 Å². The molecule has 0 bridgehead atoms. The first-order chi connectivity index (χ1) is 48.1. The molecule has 3 amide bonds. The number of aryl methyl sites for hydroxylation is 3. The Balaban J connectivity index is 0.000000177. The number of morpholine rings is 1. The third-order valence-corrected chi connectivity index (χ3v) is 16.6. The predicted octanol–water partition coefficient (Wildman–Crippen LogP) is 10.3. The van der Waals surface area contributed by atoms with Crippen molar-refractivity contribution < 1.29 is 74.1 Å². The molecular formula is C70H58Cl3F6N9O13. The van der Waals surface area contributed by atoms with E-state index in [1.54, 1.807) is 39.0 Å². The van der Waals surface area contributed by atoms with Crippen LogP contribution in [0.3, 0.4) is 0 Å². The molecular weight excluding hydrogens is 1400 g/mol. The van der Waals surface area contributed by atoms with E-state index in [2.05, 4.69) is 15.0 Å². The van der Waals surface area contributed by atoms with Gasteiger partial charge in [0.05, 0.1) is 30.3 Å². The number of amides is 3. The average Bonchev–Trinajstić information content (AvgIpc) is 1.17. The Bertz CT molecular complexity index is 4930. The van der Waals surface area contributed by atoms with Gasteiger partial charge in [0, 0.05) is 91.9 Å². The summed E-state index contributed by atoms with van der Waals surface area (Å²) in [7, 11) is 2.92. The second-order valence-electron chi connectivity index (χ2n) is 22.8. The van der Waals surface area contributed by atoms with Gasteiger partial charge >= 0.3 is 0 Å². The maximum absolute atomic E-state index is 13.8. The van der Waals surface area contributed by atoms with E-state index >= 15 is 0 Å². The monoisotopic (exact) mass is 1450 g/mol. The van der Waals surface area contributed by atoms with E-state index in [4.69, 9.17) is 53.8 Å². The minimum Gasteiger partial charge on any atom is -0.471 e. The Morgan fingerprint density at radius 1 is 0.446 bits per heavy atom. The number of aromatic nitrogens is 6. The highest BCUT2D eigenvalue weighted by Gasteiger charge is 2.29. The zero-order valence-electron chi connectivity index (χ0n) is 54.1. The van der Waals surface area contributed by atoms with Crippen LogP contribution >= 0.6 is 34.8 Å². The summed E-state index contributed by atoms with van der Waals surface area (Å²) in [5.41, 5.74) is 1.31. The molecule has 0 aliphatic carbocycles. The van der Waals surface area contributed by atoms with Crippen molar-refractivity contribution in [1.82, 2.24) is 43.4 Å². The SMILES string of the molecule is Cc1ccc(C(=O)C(=O)N(C)C)cc1-n1cnc(OCc2ccc(F)cc2F)c(Cl)c1=O.Cc1ccc(C(=O)C(=O)N2CCCC2)cc1-n1cnc(OCc2ccc(F)cc2F)c(Cl)c1=O.Cc1ccc(C(=O)C(=O)N2CCOCC2)cc1-n1cnc(OCc2ccc(F)cc2F)c(Cl)c1=O. The van der Waals surface area contributed by atoms with Gasteiger partial charge in [0.2, 0.25) is 35.0 Å². The van der Waals surface area contributed by atoms with Crippen molar-refractivity contribution in [3.63, 3.8) is 0 Å². The molecule has 101 heavy (non-hydrogen) atoms. The lowest BCUT2D eigenvalue weighted by Crippen LogP contribution is -2.44. The highest BCUT2D eigenvalue weighted by atomic mass is 35.5. The first kappa shape index (κ1) is 74.4. The van der Waals surface area contributed by atoms with Crippen LogP contribution in [0.5, 0.6) is 17.6 Å². The quantitative estimate of drug-likeness (QED) is 0.0440. The second-order valence-corrected chi connectivity index (χ2v) is 23.9. The number of ketones is 3. The summed E-state index contributed by atoms with van der Waals surface area (Å²) in [4.78, 5) is 130. The maximum atomic E-state index is 13.8. The summed E-state index contributed by atoms with van der Waals surface area (Å²) >= 11 is 18.5. The van der Waals surface area contributed by atoms with E-state index in [1.165, 1.54) is 84.8 Å². The van der Waals surface area contributed by atoms with Crippen LogP contribution < -0.4 is 30.9 Å². The van der Waals surface area contributed by atoms with Gasteiger partial charge in [-0.25, -0.2) is 41.3 Å². The molecule has 0 atom stereocenters. The van der Waals surface area contributed by atoms with Crippen molar-refractivity contribution in [1.29, 1.82) is 0 Å². The van der Waals surface area contributed by atoms with Gasteiger partial charge in [0.15, 0.2) is 15.1 Å². The average molecular weight is 1450 g/mol. The minimum absolute atomic E-state index is 0.0560. The van der Waals surface area contributed by atoms with E-state index < -0.39 is 86.7 Å². The molecule has 0 spiro atoms. The number of likely N-dealkylation sites (N-methyl/N-ethyl adjacent to an activating group) is 1. The van der Waals surface area contributed by atoms with Crippen LogP contribution in [0.15, 0.2) is 143 Å². The van der Waals surface area contributed by atoms with E-state index in [0.717, 1.165) is 68.4 Å². The Hall–Kier alpha value is -10.8. The van der Waals surface area contributed by atoms with Gasteiger partial charge in [0.25, 0.3) is 34.4 Å². The maximum Gasteiger partial charge on any atom is 0.295 e. The summed E-state index contributed by atoms with van der Waals surface area (Å²) in [6, 6.07) is 22.6. The topological polar surface area (TPSA) is 254 Å². The minimum atomic E-state index is -0.807. The Morgan fingerprint density at radius 2 is 0.752 bits per heavy atom. The molecule has 0 unspecified atom stereocenters. The number of carbonyl (C=O) groups excluding carboxylic acids is 6. The zero-order valence-corrected chi connectivity index (χ0v) is 56.4. The molecule has 2 aliphatic rings. The summed E-state index contributed by atoms with van der Waals surface area (Å²) in [6.07, 6.45) is 5.20. The standard InChI is InChI=1S/C24H20ClF2N3O5.C24H20ClF2N3O4.C22H18ClF2N3O4/c1-14-2-3-15(21(31)24(33)29-6-8-34-9-7-29)10-19(14)30-13-28-22(20(25)23(30)32)35-12-16-4-5-17(26)11-18(16)27;1-14-4-5-15(21(31)24(33)29-8-2-3-9-29)10-19(14)30-13-28-22(20(25)23(30)32)34-12-16-6-7-17(26)11-18(16)27;1-12-4-5-13(19(29)22(31)27(2)3)8-17(12)28-11-26-20(18(23)21(28)30)32-10-14-6-7-15(24)9-16(14)25/h2-5,10-11,13H,6-9,12H2,1H3;4-7,10-11,13H,2-3,8-9,12H2,1H3;4-9,11H,10H2,1-3H3.